The van der Waals surface area contributed by atoms with E-state index in [1.54, 1.807) is 13.2 Å². The molecule has 2 aromatic carbocycles. The maximum absolute atomic E-state index is 12.6. The molecule has 0 fully saturated rings. The zero-order valence-electron chi connectivity index (χ0n) is 13.1. The van der Waals surface area contributed by atoms with E-state index in [0.29, 0.717) is 53.0 Å². The summed E-state index contributed by atoms with van der Waals surface area (Å²) in [5.41, 5.74) is 3.11. The molecule has 0 spiro atoms. The molecule has 0 amide bonds. The van der Waals surface area contributed by atoms with Gasteiger partial charge in [-0.05, 0) is 35.4 Å². The highest BCUT2D eigenvalue weighted by Crippen LogP contribution is 2.41. The van der Waals surface area contributed by atoms with Crippen molar-refractivity contribution in [2.45, 2.75) is 6.42 Å². The number of fused-ring (bicyclic) bond motifs is 2. The number of methoxy groups -OCH3 is 1. The second-order valence-corrected chi connectivity index (χ2v) is 6.10. The smallest absolute Gasteiger partial charge is 0.203 e. The molecule has 2 aromatic rings. The van der Waals surface area contributed by atoms with Gasteiger partial charge in [0.15, 0.2) is 17.3 Å². The van der Waals surface area contributed by atoms with E-state index in [1.807, 2.05) is 30.3 Å². The molecule has 0 unspecified atom stereocenters. The lowest BCUT2D eigenvalue weighted by Gasteiger charge is -2.21. The molecule has 24 heavy (non-hydrogen) atoms. The van der Waals surface area contributed by atoms with E-state index in [1.165, 1.54) is 0 Å². The first-order chi connectivity index (χ1) is 11.7. The van der Waals surface area contributed by atoms with Crippen molar-refractivity contribution in [3.8, 4) is 17.2 Å². The van der Waals surface area contributed by atoms with Crippen molar-refractivity contribution in [1.82, 2.24) is 0 Å². The van der Waals surface area contributed by atoms with Gasteiger partial charge in [0.1, 0.15) is 13.2 Å². The topological polar surface area (TPSA) is 44.8 Å². The van der Waals surface area contributed by atoms with Crippen LogP contribution >= 0.6 is 11.6 Å². The Bertz CT molecular complexity index is 853. The summed E-state index contributed by atoms with van der Waals surface area (Å²) in [7, 11) is 1.58. The number of halogens is 1. The Morgan fingerprint density at radius 3 is 2.83 bits per heavy atom. The second-order valence-electron chi connectivity index (χ2n) is 5.69. The molecular formula is C19H15ClO4. The van der Waals surface area contributed by atoms with Crippen LogP contribution < -0.4 is 14.2 Å². The number of rotatable bonds is 2. The minimum absolute atomic E-state index is 0.0151. The number of ether oxygens (including phenoxy) is 3. The van der Waals surface area contributed by atoms with Gasteiger partial charge in [-0.25, -0.2) is 0 Å². The van der Waals surface area contributed by atoms with Crippen molar-refractivity contribution in [3.05, 3.63) is 57.6 Å². The fourth-order valence-corrected chi connectivity index (χ4v) is 3.33. The molecule has 1 aliphatic heterocycles. The number of ketones is 1. The molecular weight excluding hydrogens is 328 g/mol. The summed E-state index contributed by atoms with van der Waals surface area (Å²) in [6.07, 6.45) is 2.39. The van der Waals surface area contributed by atoms with Gasteiger partial charge in [-0.3, -0.25) is 4.79 Å². The fourth-order valence-electron chi connectivity index (χ4n) is 3.09. The van der Waals surface area contributed by atoms with E-state index < -0.39 is 0 Å². The Hall–Kier alpha value is -2.46. The Kier molecular flexibility index (Phi) is 3.69. The lowest BCUT2D eigenvalue weighted by Crippen LogP contribution is -2.16. The highest BCUT2D eigenvalue weighted by atomic mass is 35.5. The van der Waals surface area contributed by atoms with Crippen LogP contribution in [0.5, 0.6) is 17.2 Å². The minimum atomic E-state index is 0.0151. The zero-order chi connectivity index (χ0) is 16.7. The average molecular weight is 343 g/mol. The maximum Gasteiger partial charge on any atom is 0.203 e. The average Bonchev–Trinajstić information content (AvgIpc) is 2.92. The Balaban J connectivity index is 1.75. The highest BCUT2D eigenvalue weighted by Gasteiger charge is 2.27. The van der Waals surface area contributed by atoms with Crippen molar-refractivity contribution in [2.24, 2.45) is 0 Å². The SMILES string of the molecule is COc1cc(/C=C2/Cc3c(Cl)cccc3C2=O)cc2c1OCCO2. The summed E-state index contributed by atoms with van der Waals surface area (Å²) in [5.74, 6) is 1.85. The molecule has 0 N–H and O–H groups in total. The molecule has 0 saturated carbocycles. The van der Waals surface area contributed by atoms with Crippen molar-refractivity contribution in [3.63, 3.8) is 0 Å². The van der Waals surface area contributed by atoms with Crippen LogP contribution in [0.15, 0.2) is 35.9 Å². The monoisotopic (exact) mass is 342 g/mol. The molecule has 4 rings (SSSR count). The van der Waals surface area contributed by atoms with E-state index in [0.717, 1.165) is 11.1 Å². The van der Waals surface area contributed by atoms with Gasteiger partial charge in [0.05, 0.1) is 7.11 Å². The van der Waals surface area contributed by atoms with Crippen LogP contribution in [-0.2, 0) is 6.42 Å². The van der Waals surface area contributed by atoms with Crippen LogP contribution in [0.4, 0.5) is 0 Å². The summed E-state index contributed by atoms with van der Waals surface area (Å²) in [5, 5.41) is 0.629. The molecule has 0 atom stereocenters. The number of hydrogen-bond donors (Lipinski definition) is 0. The van der Waals surface area contributed by atoms with Gasteiger partial charge in [0, 0.05) is 22.6 Å². The van der Waals surface area contributed by atoms with Crippen LogP contribution in [0.1, 0.15) is 21.5 Å². The molecule has 0 radical (unpaired) electrons. The predicted molar refractivity (Wildman–Crippen MR) is 91.4 cm³/mol. The highest BCUT2D eigenvalue weighted by molar-refractivity contribution is 6.33. The van der Waals surface area contributed by atoms with E-state index in [4.69, 9.17) is 25.8 Å². The van der Waals surface area contributed by atoms with Crippen molar-refractivity contribution < 1.29 is 19.0 Å². The van der Waals surface area contributed by atoms with Gasteiger partial charge >= 0.3 is 0 Å². The Labute approximate surface area is 144 Å². The lowest BCUT2D eigenvalue weighted by atomic mass is 10.1. The Morgan fingerprint density at radius 2 is 2.04 bits per heavy atom. The molecule has 0 bridgehead atoms. The number of carbonyl (C=O) groups excluding carboxylic acids is 1. The van der Waals surface area contributed by atoms with E-state index in [9.17, 15) is 4.79 Å². The molecule has 2 aliphatic rings. The molecule has 1 aliphatic carbocycles. The van der Waals surface area contributed by atoms with Crippen LogP contribution in [0.3, 0.4) is 0 Å². The number of allylic oxidation sites excluding steroid dienone is 1. The summed E-state index contributed by atoms with van der Waals surface area (Å²) in [6, 6.07) is 9.13. The first-order valence-electron chi connectivity index (χ1n) is 7.67. The van der Waals surface area contributed by atoms with Gasteiger partial charge in [-0.2, -0.15) is 0 Å². The summed E-state index contributed by atoms with van der Waals surface area (Å²) < 4.78 is 16.6. The van der Waals surface area contributed by atoms with Gasteiger partial charge < -0.3 is 14.2 Å². The second kappa shape index (κ2) is 5.87. The first kappa shape index (κ1) is 15.1. The number of hydrogen-bond acceptors (Lipinski definition) is 4. The van der Waals surface area contributed by atoms with E-state index >= 15 is 0 Å². The minimum Gasteiger partial charge on any atom is -0.493 e. The van der Waals surface area contributed by atoms with Crippen molar-refractivity contribution in [2.75, 3.05) is 20.3 Å². The van der Waals surface area contributed by atoms with Crippen molar-refractivity contribution >= 4 is 23.5 Å². The standard InChI is InChI=1S/C19H15ClO4/c1-22-16-8-11(9-17-19(16)24-6-5-23-17)7-12-10-14-13(18(12)21)3-2-4-15(14)20/h2-4,7-9H,5-6,10H2,1H3/b12-7-. The first-order valence-corrected chi connectivity index (χ1v) is 8.05. The third kappa shape index (κ3) is 2.43. The van der Waals surface area contributed by atoms with Gasteiger partial charge in [-0.1, -0.05) is 23.7 Å². The fraction of sp³-hybridized carbons (Fsp3) is 0.211. The molecule has 5 heteroatoms. The zero-order valence-corrected chi connectivity index (χ0v) is 13.9. The predicted octanol–water partition coefficient (Wildman–Crippen LogP) is 3.94. The van der Waals surface area contributed by atoms with Gasteiger partial charge in [0.25, 0.3) is 0 Å². The third-order valence-electron chi connectivity index (χ3n) is 4.21. The molecule has 122 valence electrons. The molecule has 1 heterocycles. The van der Waals surface area contributed by atoms with Crippen LogP contribution in [0.25, 0.3) is 6.08 Å². The largest absolute Gasteiger partial charge is 0.493 e. The molecule has 0 aromatic heterocycles. The molecule has 0 saturated heterocycles. The summed E-state index contributed by atoms with van der Waals surface area (Å²) >= 11 is 6.21. The normalized spacial score (nSPS) is 17.1. The quantitative estimate of drug-likeness (QED) is 0.775. The molecule has 4 nitrogen and oxygen atoms in total. The number of carbonyl (C=O) groups is 1. The summed E-state index contributed by atoms with van der Waals surface area (Å²) in [4.78, 5) is 12.6. The summed E-state index contributed by atoms with van der Waals surface area (Å²) in [6.45, 7) is 0.992. The Morgan fingerprint density at radius 1 is 1.21 bits per heavy atom. The van der Waals surface area contributed by atoms with Gasteiger partial charge in [-0.15, -0.1) is 0 Å². The van der Waals surface area contributed by atoms with Crippen LogP contribution in [0, 0.1) is 0 Å². The van der Waals surface area contributed by atoms with Gasteiger partial charge in [0.2, 0.25) is 5.75 Å². The number of benzene rings is 2. The number of Topliss-reactive ketones (excluding diaryl/α,β-unsaturated/α-hetero) is 1. The van der Waals surface area contributed by atoms with Crippen LogP contribution in [0.2, 0.25) is 5.02 Å². The lowest BCUT2D eigenvalue weighted by molar-refractivity contribution is 0.104. The maximum atomic E-state index is 12.6. The van der Waals surface area contributed by atoms with Crippen LogP contribution in [-0.4, -0.2) is 26.1 Å². The van der Waals surface area contributed by atoms with E-state index in [-0.39, 0.29) is 5.78 Å². The van der Waals surface area contributed by atoms with E-state index in [2.05, 4.69) is 0 Å². The third-order valence-corrected chi connectivity index (χ3v) is 4.57. The van der Waals surface area contributed by atoms with Crippen molar-refractivity contribution in [1.29, 1.82) is 0 Å².